The summed E-state index contributed by atoms with van der Waals surface area (Å²) in [6.07, 6.45) is 0.976. The molecule has 13 heteroatoms. The summed E-state index contributed by atoms with van der Waals surface area (Å²) in [5, 5.41) is 1.17. The van der Waals surface area contributed by atoms with E-state index in [1.807, 2.05) is 0 Å². The van der Waals surface area contributed by atoms with Crippen LogP contribution in [0.3, 0.4) is 0 Å². The van der Waals surface area contributed by atoms with Crippen LogP contribution in [-0.2, 0) is 21.3 Å². The Balaban J connectivity index is 2.37. The number of carbonyl (C=O) groups excluding carboxylic acids is 1. The molecule has 0 unspecified atom stereocenters. The summed E-state index contributed by atoms with van der Waals surface area (Å²) in [6, 6.07) is 0.532. The van der Waals surface area contributed by atoms with Gasteiger partial charge in [0, 0.05) is 25.4 Å². The smallest absolute Gasteiger partial charge is 0.465 e. The van der Waals surface area contributed by atoms with Gasteiger partial charge in [-0.15, -0.1) is 0 Å². The molecule has 0 atom stereocenters. The highest BCUT2D eigenvalue weighted by molar-refractivity contribution is 7.88. The van der Waals surface area contributed by atoms with Crippen LogP contribution in [0.5, 0.6) is 5.75 Å². The molecule has 1 aromatic heterocycles. The molecule has 2 heterocycles. The SMILES string of the molecule is COC(=O)c1cn2c3c(c(OS(=O)(=O)C(F)(F)F)c(F)cc3c1=O)CCN2C. The fourth-order valence-electron chi connectivity index (χ4n) is 2.89. The molecular weight excluding hydrogens is 412 g/mol. The number of esters is 1. The van der Waals surface area contributed by atoms with Gasteiger partial charge < -0.3 is 13.9 Å². The molecule has 0 saturated carbocycles. The molecule has 3 rings (SSSR count). The van der Waals surface area contributed by atoms with Crippen LogP contribution in [0.25, 0.3) is 10.9 Å². The van der Waals surface area contributed by atoms with Gasteiger partial charge in [-0.3, -0.25) is 9.47 Å². The van der Waals surface area contributed by atoms with E-state index in [1.165, 1.54) is 9.69 Å². The first kappa shape index (κ1) is 19.9. The number of hydrogen-bond acceptors (Lipinski definition) is 7. The van der Waals surface area contributed by atoms with Crippen LogP contribution in [-0.4, -0.2) is 45.3 Å². The lowest BCUT2D eigenvalue weighted by atomic mass is 10.0. The summed E-state index contributed by atoms with van der Waals surface area (Å²) in [5.41, 5.74) is -7.42. The van der Waals surface area contributed by atoms with Gasteiger partial charge in [-0.05, 0) is 12.5 Å². The van der Waals surface area contributed by atoms with E-state index in [0.717, 1.165) is 13.3 Å². The van der Waals surface area contributed by atoms with Crippen molar-refractivity contribution in [1.82, 2.24) is 4.68 Å². The zero-order chi connectivity index (χ0) is 21.0. The second-order valence-electron chi connectivity index (χ2n) is 5.88. The molecule has 28 heavy (non-hydrogen) atoms. The number of carbonyl (C=O) groups is 1. The molecule has 0 bridgehead atoms. The fourth-order valence-corrected chi connectivity index (χ4v) is 3.38. The predicted octanol–water partition coefficient (Wildman–Crippen LogP) is 1.28. The monoisotopic (exact) mass is 424 g/mol. The molecular formula is C15H12F4N2O6S. The Morgan fingerprint density at radius 1 is 1.29 bits per heavy atom. The molecule has 0 aliphatic carbocycles. The van der Waals surface area contributed by atoms with Crippen LogP contribution in [0, 0.1) is 5.82 Å². The van der Waals surface area contributed by atoms with Crippen molar-refractivity contribution in [3.8, 4) is 5.75 Å². The van der Waals surface area contributed by atoms with E-state index in [9.17, 15) is 35.6 Å². The number of ether oxygens (including phenoxy) is 1. The Morgan fingerprint density at radius 3 is 2.50 bits per heavy atom. The number of alkyl halides is 3. The van der Waals surface area contributed by atoms with Crippen molar-refractivity contribution in [3.05, 3.63) is 39.4 Å². The van der Waals surface area contributed by atoms with E-state index in [1.54, 1.807) is 7.05 Å². The quantitative estimate of drug-likeness (QED) is 0.317. The number of aromatic nitrogens is 1. The first-order valence-electron chi connectivity index (χ1n) is 7.60. The minimum Gasteiger partial charge on any atom is -0.465 e. The van der Waals surface area contributed by atoms with Gasteiger partial charge in [-0.25, -0.2) is 9.18 Å². The van der Waals surface area contributed by atoms with Crippen LogP contribution in [0.15, 0.2) is 17.1 Å². The van der Waals surface area contributed by atoms with Gasteiger partial charge in [0.15, 0.2) is 11.6 Å². The third-order valence-corrected chi connectivity index (χ3v) is 5.16. The number of methoxy groups -OCH3 is 1. The molecule has 1 aliphatic heterocycles. The van der Waals surface area contributed by atoms with E-state index in [4.69, 9.17) is 0 Å². The Hall–Kier alpha value is -2.83. The van der Waals surface area contributed by atoms with Crippen molar-refractivity contribution in [2.45, 2.75) is 11.9 Å². The minimum absolute atomic E-state index is 0.0693. The van der Waals surface area contributed by atoms with Crippen molar-refractivity contribution in [1.29, 1.82) is 0 Å². The second-order valence-corrected chi connectivity index (χ2v) is 7.42. The number of likely N-dealkylation sites (N-methyl/N-ethyl adjacent to an activating group) is 1. The molecule has 0 spiro atoms. The lowest BCUT2D eigenvalue weighted by molar-refractivity contribution is -0.0501. The molecule has 8 nitrogen and oxygen atoms in total. The number of nitrogens with zero attached hydrogens (tertiary/aromatic N) is 2. The van der Waals surface area contributed by atoms with Crippen LogP contribution < -0.4 is 14.6 Å². The molecule has 152 valence electrons. The average molecular weight is 424 g/mol. The van der Waals surface area contributed by atoms with Gasteiger partial charge in [0.1, 0.15) is 5.56 Å². The second kappa shape index (κ2) is 6.36. The highest BCUT2D eigenvalue weighted by Gasteiger charge is 2.49. The van der Waals surface area contributed by atoms with Crippen LogP contribution >= 0.6 is 0 Å². The topological polar surface area (TPSA) is 94.9 Å². The van der Waals surface area contributed by atoms with Gasteiger partial charge >= 0.3 is 21.6 Å². The maximum absolute atomic E-state index is 14.5. The average Bonchev–Trinajstić information content (AvgIpc) is 2.60. The fraction of sp³-hybridized carbons (Fsp3) is 0.333. The predicted molar refractivity (Wildman–Crippen MR) is 87.8 cm³/mol. The third kappa shape index (κ3) is 2.95. The van der Waals surface area contributed by atoms with Gasteiger partial charge in [0.2, 0.25) is 5.43 Å². The first-order valence-corrected chi connectivity index (χ1v) is 9.01. The molecule has 0 N–H and O–H groups in total. The summed E-state index contributed by atoms with van der Waals surface area (Å²) in [5.74, 6) is -3.61. The van der Waals surface area contributed by atoms with E-state index in [0.29, 0.717) is 6.07 Å². The van der Waals surface area contributed by atoms with Crippen molar-refractivity contribution in [3.63, 3.8) is 0 Å². The normalized spacial score (nSPS) is 14.3. The van der Waals surface area contributed by atoms with E-state index < -0.39 is 44.2 Å². The van der Waals surface area contributed by atoms with E-state index >= 15 is 0 Å². The molecule has 0 radical (unpaired) electrons. The van der Waals surface area contributed by atoms with Crippen molar-refractivity contribution >= 4 is 27.0 Å². The molecule has 0 saturated heterocycles. The maximum atomic E-state index is 14.5. The Kier molecular flexibility index (Phi) is 4.52. The molecule has 0 amide bonds. The lowest BCUT2D eigenvalue weighted by Crippen LogP contribution is -2.39. The highest BCUT2D eigenvalue weighted by Crippen LogP contribution is 2.36. The maximum Gasteiger partial charge on any atom is 0.534 e. The molecule has 2 aromatic rings. The summed E-state index contributed by atoms with van der Waals surface area (Å²) in [6.45, 7) is 0.109. The van der Waals surface area contributed by atoms with Crippen molar-refractivity contribution in [2.24, 2.45) is 0 Å². The number of halogens is 4. The van der Waals surface area contributed by atoms with Gasteiger partial charge in [0.05, 0.1) is 18.0 Å². The largest absolute Gasteiger partial charge is 0.534 e. The molecule has 0 fully saturated rings. The van der Waals surface area contributed by atoms with Crippen molar-refractivity contribution < 1.29 is 39.7 Å². The molecule has 1 aliphatic rings. The van der Waals surface area contributed by atoms with Gasteiger partial charge in [0.25, 0.3) is 0 Å². The first-order chi connectivity index (χ1) is 12.9. The third-order valence-electron chi connectivity index (χ3n) is 4.21. The number of hydrogen-bond donors (Lipinski definition) is 0. The Bertz CT molecular complexity index is 1160. The number of pyridine rings is 1. The number of benzene rings is 1. The van der Waals surface area contributed by atoms with Crippen molar-refractivity contribution in [2.75, 3.05) is 25.7 Å². The zero-order valence-electron chi connectivity index (χ0n) is 14.3. The van der Waals surface area contributed by atoms with Crippen LogP contribution in [0.4, 0.5) is 17.6 Å². The van der Waals surface area contributed by atoms with E-state index in [-0.39, 0.29) is 29.4 Å². The summed E-state index contributed by atoms with van der Waals surface area (Å²) in [7, 11) is -3.54. The minimum atomic E-state index is -6.13. The Morgan fingerprint density at radius 2 is 1.93 bits per heavy atom. The molecule has 1 aromatic carbocycles. The number of rotatable bonds is 3. The van der Waals surface area contributed by atoms with E-state index in [2.05, 4.69) is 8.92 Å². The van der Waals surface area contributed by atoms with Gasteiger partial charge in [-0.2, -0.15) is 21.6 Å². The zero-order valence-corrected chi connectivity index (χ0v) is 15.1. The lowest BCUT2D eigenvalue weighted by Gasteiger charge is -2.31. The summed E-state index contributed by atoms with van der Waals surface area (Å²) in [4.78, 5) is 24.4. The van der Waals surface area contributed by atoms with Gasteiger partial charge in [-0.1, -0.05) is 0 Å². The summed E-state index contributed by atoms with van der Waals surface area (Å²) < 4.78 is 84.9. The Labute approximate surface area is 155 Å². The van der Waals surface area contributed by atoms with Crippen LogP contribution in [0.2, 0.25) is 0 Å². The summed E-state index contributed by atoms with van der Waals surface area (Å²) >= 11 is 0. The van der Waals surface area contributed by atoms with Crippen LogP contribution in [0.1, 0.15) is 15.9 Å². The highest BCUT2D eigenvalue weighted by atomic mass is 32.2. The standard InChI is InChI=1S/C15H12F4N2O6S/c1-20-4-3-7-11-8(12(22)9(6-21(11)20)14(23)26-2)5-10(16)13(7)27-28(24,25)15(17,18)19/h5-6H,3-4H2,1-2H3.